The van der Waals surface area contributed by atoms with Crippen LogP contribution in [0.4, 0.5) is 0 Å². The van der Waals surface area contributed by atoms with Gasteiger partial charge in [-0.1, -0.05) is 6.07 Å². The lowest BCUT2D eigenvalue weighted by Gasteiger charge is -2.25. The van der Waals surface area contributed by atoms with Crippen molar-refractivity contribution in [2.45, 2.75) is 19.4 Å². The molecule has 2 N–H and O–H groups in total. The zero-order valence-electron chi connectivity index (χ0n) is 11.5. The monoisotopic (exact) mass is 275 g/mol. The molecule has 0 fully saturated rings. The molecular formula is C15H21N3S. The summed E-state index contributed by atoms with van der Waals surface area (Å²) in [5, 5.41) is 0. The molecule has 4 heteroatoms. The second-order valence-corrected chi connectivity index (χ2v) is 6.07. The standard InChI is InChI=1S/C15H21N3S/c1-12-6-7-15(19-12)14(11-16)18(2)10-8-13-5-3-4-9-17-13/h3-7,9,14H,8,10-11,16H2,1-2H3. The van der Waals surface area contributed by atoms with E-state index in [1.54, 1.807) is 0 Å². The van der Waals surface area contributed by atoms with Crippen molar-refractivity contribution in [1.82, 2.24) is 9.88 Å². The maximum absolute atomic E-state index is 5.93. The molecule has 2 aromatic rings. The molecule has 0 bridgehead atoms. The molecular weight excluding hydrogens is 254 g/mol. The second-order valence-electron chi connectivity index (χ2n) is 4.75. The molecule has 1 unspecified atom stereocenters. The van der Waals surface area contributed by atoms with E-state index < -0.39 is 0 Å². The van der Waals surface area contributed by atoms with Crippen molar-refractivity contribution in [3.8, 4) is 0 Å². The van der Waals surface area contributed by atoms with Crippen LogP contribution in [0.2, 0.25) is 0 Å². The fourth-order valence-electron chi connectivity index (χ4n) is 2.14. The van der Waals surface area contributed by atoms with Crippen LogP contribution in [0.15, 0.2) is 36.5 Å². The Morgan fingerprint density at radius 2 is 2.16 bits per heavy atom. The maximum atomic E-state index is 5.93. The molecule has 3 nitrogen and oxygen atoms in total. The Morgan fingerprint density at radius 1 is 1.32 bits per heavy atom. The first-order valence-electron chi connectivity index (χ1n) is 6.57. The topological polar surface area (TPSA) is 42.1 Å². The fraction of sp³-hybridized carbons (Fsp3) is 0.400. The van der Waals surface area contributed by atoms with Gasteiger partial charge < -0.3 is 5.73 Å². The fourth-order valence-corrected chi connectivity index (χ4v) is 3.19. The van der Waals surface area contributed by atoms with Crippen LogP contribution in [0.3, 0.4) is 0 Å². The number of nitrogens with zero attached hydrogens (tertiary/aromatic N) is 2. The van der Waals surface area contributed by atoms with Crippen LogP contribution in [0.5, 0.6) is 0 Å². The van der Waals surface area contributed by atoms with E-state index in [1.165, 1.54) is 9.75 Å². The van der Waals surface area contributed by atoms with Gasteiger partial charge in [-0.05, 0) is 38.2 Å². The third-order valence-corrected chi connectivity index (χ3v) is 4.39. The number of thiophene rings is 1. The van der Waals surface area contributed by atoms with E-state index >= 15 is 0 Å². The molecule has 0 aliphatic heterocycles. The van der Waals surface area contributed by atoms with Gasteiger partial charge in [0.1, 0.15) is 0 Å². The molecule has 2 heterocycles. The molecule has 102 valence electrons. The minimum atomic E-state index is 0.308. The van der Waals surface area contributed by atoms with E-state index in [0.717, 1.165) is 18.7 Å². The molecule has 0 radical (unpaired) electrons. The van der Waals surface area contributed by atoms with Crippen molar-refractivity contribution >= 4 is 11.3 Å². The Labute approximate surface area is 119 Å². The van der Waals surface area contributed by atoms with Crippen molar-refractivity contribution in [2.24, 2.45) is 5.73 Å². The van der Waals surface area contributed by atoms with Crippen LogP contribution in [-0.2, 0) is 6.42 Å². The first-order valence-corrected chi connectivity index (χ1v) is 7.39. The Bertz CT molecular complexity index is 495. The number of pyridine rings is 1. The SMILES string of the molecule is Cc1ccc(C(CN)N(C)CCc2ccccn2)s1. The van der Waals surface area contributed by atoms with Crippen LogP contribution in [0.1, 0.15) is 21.5 Å². The number of likely N-dealkylation sites (N-methyl/N-ethyl adjacent to an activating group) is 1. The quantitative estimate of drug-likeness (QED) is 0.881. The Hall–Kier alpha value is -1.23. The molecule has 0 spiro atoms. The third kappa shape index (κ3) is 3.86. The largest absolute Gasteiger partial charge is 0.329 e. The van der Waals surface area contributed by atoms with E-state index in [0.29, 0.717) is 12.6 Å². The van der Waals surface area contributed by atoms with E-state index in [4.69, 9.17) is 5.73 Å². The third-order valence-electron chi connectivity index (χ3n) is 3.29. The van der Waals surface area contributed by atoms with Crippen molar-refractivity contribution in [3.63, 3.8) is 0 Å². The summed E-state index contributed by atoms with van der Waals surface area (Å²) < 4.78 is 0. The lowest BCUT2D eigenvalue weighted by Crippen LogP contribution is -2.31. The van der Waals surface area contributed by atoms with Crippen LogP contribution in [0.25, 0.3) is 0 Å². The van der Waals surface area contributed by atoms with Crippen LogP contribution in [0, 0.1) is 6.92 Å². The summed E-state index contributed by atoms with van der Waals surface area (Å²) in [6.45, 7) is 3.75. The Balaban J connectivity index is 1.96. The molecule has 2 aromatic heterocycles. The summed E-state index contributed by atoms with van der Waals surface area (Å²) in [6.07, 6.45) is 2.80. The number of hydrogen-bond donors (Lipinski definition) is 1. The summed E-state index contributed by atoms with van der Waals surface area (Å²) in [4.78, 5) is 9.37. The zero-order chi connectivity index (χ0) is 13.7. The highest BCUT2D eigenvalue weighted by Crippen LogP contribution is 2.26. The minimum Gasteiger partial charge on any atom is -0.329 e. The molecule has 0 saturated heterocycles. The summed E-state index contributed by atoms with van der Waals surface area (Å²) in [6, 6.07) is 10.7. The van der Waals surface area contributed by atoms with E-state index in [2.05, 4.69) is 42.1 Å². The van der Waals surface area contributed by atoms with Gasteiger partial charge in [0.25, 0.3) is 0 Å². The van der Waals surface area contributed by atoms with Gasteiger partial charge in [-0.15, -0.1) is 11.3 Å². The van der Waals surface area contributed by atoms with Gasteiger partial charge >= 0.3 is 0 Å². The molecule has 0 saturated carbocycles. The average molecular weight is 275 g/mol. The predicted octanol–water partition coefficient (Wildman–Crippen LogP) is 2.63. The van der Waals surface area contributed by atoms with Gasteiger partial charge in [0.05, 0.1) is 6.04 Å². The van der Waals surface area contributed by atoms with Crippen molar-refractivity contribution in [2.75, 3.05) is 20.1 Å². The summed E-state index contributed by atoms with van der Waals surface area (Å²) in [5.41, 5.74) is 7.07. The number of aryl methyl sites for hydroxylation is 1. The Morgan fingerprint density at radius 3 is 2.74 bits per heavy atom. The maximum Gasteiger partial charge on any atom is 0.0562 e. The second kappa shape index (κ2) is 6.80. The summed E-state index contributed by atoms with van der Waals surface area (Å²) >= 11 is 1.83. The number of nitrogens with two attached hydrogens (primary N) is 1. The highest BCUT2D eigenvalue weighted by Gasteiger charge is 2.16. The molecule has 1 atom stereocenters. The van der Waals surface area contributed by atoms with E-state index in [1.807, 2.05) is 29.7 Å². The highest BCUT2D eigenvalue weighted by atomic mass is 32.1. The average Bonchev–Trinajstić information content (AvgIpc) is 2.85. The number of aromatic nitrogens is 1. The number of hydrogen-bond acceptors (Lipinski definition) is 4. The predicted molar refractivity (Wildman–Crippen MR) is 81.4 cm³/mol. The van der Waals surface area contributed by atoms with Crippen molar-refractivity contribution in [1.29, 1.82) is 0 Å². The van der Waals surface area contributed by atoms with Gasteiger partial charge in [0, 0.05) is 41.2 Å². The smallest absolute Gasteiger partial charge is 0.0562 e. The lowest BCUT2D eigenvalue weighted by atomic mass is 10.2. The normalized spacial score (nSPS) is 12.8. The summed E-state index contributed by atoms with van der Waals surface area (Å²) in [5.74, 6) is 0. The van der Waals surface area contributed by atoms with Crippen LogP contribution in [-0.4, -0.2) is 30.0 Å². The lowest BCUT2D eigenvalue weighted by molar-refractivity contribution is 0.256. The van der Waals surface area contributed by atoms with Gasteiger partial charge in [-0.25, -0.2) is 0 Å². The van der Waals surface area contributed by atoms with Gasteiger partial charge in [0.15, 0.2) is 0 Å². The highest BCUT2D eigenvalue weighted by molar-refractivity contribution is 7.12. The van der Waals surface area contributed by atoms with Gasteiger partial charge in [-0.2, -0.15) is 0 Å². The molecule has 0 amide bonds. The molecule has 2 rings (SSSR count). The van der Waals surface area contributed by atoms with Crippen LogP contribution < -0.4 is 5.73 Å². The molecule has 0 aromatic carbocycles. The molecule has 0 aliphatic carbocycles. The van der Waals surface area contributed by atoms with Crippen molar-refractivity contribution < 1.29 is 0 Å². The Kier molecular flexibility index (Phi) is 5.07. The molecule has 0 aliphatic rings. The molecule has 19 heavy (non-hydrogen) atoms. The first-order chi connectivity index (χ1) is 9.20. The van der Waals surface area contributed by atoms with Crippen molar-refractivity contribution in [3.05, 3.63) is 52.0 Å². The van der Waals surface area contributed by atoms with E-state index in [-0.39, 0.29) is 0 Å². The summed E-state index contributed by atoms with van der Waals surface area (Å²) in [7, 11) is 2.13. The minimum absolute atomic E-state index is 0.308. The van der Waals surface area contributed by atoms with E-state index in [9.17, 15) is 0 Å². The van der Waals surface area contributed by atoms with Crippen LogP contribution >= 0.6 is 11.3 Å². The zero-order valence-corrected chi connectivity index (χ0v) is 12.4. The van der Waals surface area contributed by atoms with Gasteiger partial charge in [-0.3, -0.25) is 9.88 Å². The van der Waals surface area contributed by atoms with Gasteiger partial charge in [0.2, 0.25) is 0 Å². The number of rotatable bonds is 6. The first kappa shape index (κ1) is 14.2.